The third-order valence-corrected chi connectivity index (χ3v) is 2.23. The van der Waals surface area contributed by atoms with Gasteiger partial charge >= 0.3 is 6.18 Å². The van der Waals surface area contributed by atoms with Crippen molar-refractivity contribution in [2.75, 3.05) is 0 Å². The molecule has 78 valence electrons. The molecule has 0 saturated heterocycles. The highest BCUT2D eigenvalue weighted by Crippen LogP contribution is 2.32. The molecule has 1 rings (SSSR count). The van der Waals surface area contributed by atoms with Crippen LogP contribution in [0.4, 0.5) is 13.2 Å². The summed E-state index contributed by atoms with van der Waals surface area (Å²) in [5.74, 6) is 0. The molecule has 0 bridgehead atoms. The summed E-state index contributed by atoms with van der Waals surface area (Å²) in [6.07, 6.45) is -4.39. The lowest BCUT2D eigenvalue weighted by atomic mass is 10.1. The quantitative estimate of drug-likeness (QED) is 0.471. The van der Waals surface area contributed by atoms with Crippen LogP contribution in [0.2, 0.25) is 0 Å². The molecule has 0 unspecified atom stereocenters. The van der Waals surface area contributed by atoms with Crippen molar-refractivity contribution in [1.82, 2.24) is 0 Å². The van der Waals surface area contributed by atoms with Crippen molar-refractivity contribution in [3.8, 4) is 0 Å². The van der Waals surface area contributed by atoms with Crippen molar-refractivity contribution in [3.63, 3.8) is 0 Å². The van der Waals surface area contributed by atoms with Gasteiger partial charge in [-0.25, -0.2) is 0 Å². The molecule has 0 radical (unpaired) electrons. The van der Waals surface area contributed by atoms with Crippen LogP contribution in [0.5, 0.6) is 0 Å². The minimum absolute atomic E-state index is 0.0156. The number of hydrogen-bond acceptors (Lipinski definition) is 1. The molecular weight excluding hydrogens is 195 g/mol. The lowest BCUT2D eigenvalue weighted by molar-refractivity contribution is -0.619. The van der Waals surface area contributed by atoms with Gasteiger partial charge in [0.2, 0.25) is 0 Å². The van der Waals surface area contributed by atoms with Crippen LogP contribution in [0.1, 0.15) is 22.5 Å². The van der Waals surface area contributed by atoms with Gasteiger partial charge in [0.05, 0.1) is 5.56 Å². The second-order valence-corrected chi connectivity index (χ2v) is 3.20. The van der Waals surface area contributed by atoms with Gasteiger partial charge in [0.1, 0.15) is 0 Å². The minimum atomic E-state index is -4.39. The van der Waals surface area contributed by atoms with E-state index in [9.17, 15) is 18.4 Å². The third-order valence-electron chi connectivity index (χ3n) is 2.23. The number of nitrogens with zero attached hydrogens (tertiary/aromatic N) is 1. The van der Waals surface area contributed by atoms with Gasteiger partial charge in [-0.15, -0.1) is 0 Å². The molecule has 0 aliphatic heterocycles. The van der Waals surface area contributed by atoms with E-state index in [2.05, 4.69) is 0 Å². The predicted molar refractivity (Wildman–Crippen MR) is 44.6 cm³/mol. The highest BCUT2D eigenvalue weighted by molar-refractivity contribution is 5.29. The molecule has 1 heterocycles. The number of aromatic nitrogens is 1. The fourth-order valence-electron chi connectivity index (χ4n) is 1.28. The maximum atomic E-state index is 12.4. The van der Waals surface area contributed by atoms with Crippen LogP contribution in [-0.2, 0) is 6.18 Å². The van der Waals surface area contributed by atoms with Crippen LogP contribution in [0.15, 0.2) is 6.07 Å². The van der Waals surface area contributed by atoms with Crippen LogP contribution in [0.25, 0.3) is 0 Å². The Hall–Kier alpha value is -1.26. The first-order chi connectivity index (χ1) is 6.25. The molecule has 2 nitrogen and oxygen atoms in total. The van der Waals surface area contributed by atoms with Gasteiger partial charge in [-0.3, -0.25) is 0 Å². The van der Waals surface area contributed by atoms with Gasteiger partial charge in [0.15, 0.2) is 11.4 Å². The number of rotatable bonds is 0. The molecule has 0 fully saturated rings. The van der Waals surface area contributed by atoms with E-state index in [1.165, 1.54) is 20.8 Å². The number of pyridine rings is 1. The molecule has 0 N–H and O–H groups in total. The second-order valence-electron chi connectivity index (χ2n) is 3.20. The summed E-state index contributed by atoms with van der Waals surface area (Å²) in [5, 5.41) is 11.2. The standard InChI is InChI=1S/C9H10F3NO/c1-5-4-8(9(10,11)12)6(2)7(3)13(5)14/h4H,1-3H3. The molecule has 1 aromatic heterocycles. The van der Waals surface area contributed by atoms with E-state index >= 15 is 0 Å². The topological polar surface area (TPSA) is 26.9 Å². The van der Waals surface area contributed by atoms with E-state index in [4.69, 9.17) is 0 Å². The molecule has 0 atom stereocenters. The number of alkyl halides is 3. The lowest BCUT2D eigenvalue weighted by Crippen LogP contribution is -2.36. The first-order valence-corrected chi connectivity index (χ1v) is 4.02. The molecule has 5 heteroatoms. The average Bonchev–Trinajstić information content (AvgIpc) is 2.06. The van der Waals surface area contributed by atoms with E-state index < -0.39 is 11.7 Å². The maximum Gasteiger partial charge on any atom is 0.417 e. The summed E-state index contributed by atoms with van der Waals surface area (Å²) < 4.78 is 37.8. The summed E-state index contributed by atoms with van der Waals surface area (Å²) in [7, 11) is 0. The Labute approximate surface area is 79.6 Å². The van der Waals surface area contributed by atoms with Crippen molar-refractivity contribution < 1.29 is 17.9 Å². The van der Waals surface area contributed by atoms with Gasteiger partial charge < -0.3 is 5.21 Å². The van der Waals surface area contributed by atoms with Crippen LogP contribution < -0.4 is 4.73 Å². The van der Waals surface area contributed by atoms with Crippen LogP contribution in [0, 0.1) is 26.0 Å². The van der Waals surface area contributed by atoms with Crippen LogP contribution >= 0.6 is 0 Å². The summed E-state index contributed by atoms with van der Waals surface area (Å²) in [4.78, 5) is 0. The number of halogens is 3. The molecule has 0 spiro atoms. The zero-order valence-corrected chi connectivity index (χ0v) is 8.07. The normalized spacial score (nSPS) is 11.9. The molecule has 0 aliphatic carbocycles. The van der Waals surface area contributed by atoms with Crippen LogP contribution in [-0.4, -0.2) is 0 Å². The molecule has 0 amide bonds. The fraction of sp³-hybridized carbons (Fsp3) is 0.444. The smallest absolute Gasteiger partial charge is 0.417 e. The van der Waals surface area contributed by atoms with Crippen molar-refractivity contribution in [2.45, 2.75) is 26.9 Å². The summed E-state index contributed by atoms with van der Waals surface area (Å²) in [5.41, 5.74) is -0.601. The SMILES string of the molecule is Cc1c(C(F)(F)F)cc(C)[n+]([O-])c1C. The van der Waals surface area contributed by atoms with Crippen LogP contribution in [0.3, 0.4) is 0 Å². The molecule has 0 aliphatic rings. The maximum absolute atomic E-state index is 12.4. The Bertz CT molecular complexity index is 371. The Morgan fingerprint density at radius 2 is 1.71 bits per heavy atom. The van der Waals surface area contributed by atoms with Crippen molar-refractivity contribution in [1.29, 1.82) is 0 Å². The van der Waals surface area contributed by atoms with Crippen molar-refractivity contribution in [3.05, 3.63) is 33.8 Å². The largest absolute Gasteiger partial charge is 0.618 e. The fourth-order valence-corrected chi connectivity index (χ4v) is 1.28. The Balaban J connectivity index is 3.49. The Kier molecular flexibility index (Phi) is 2.43. The monoisotopic (exact) mass is 205 g/mol. The van der Waals surface area contributed by atoms with Gasteiger partial charge in [-0.05, 0) is 6.92 Å². The number of hydrogen-bond donors (Lipinski definition) is 0. The summed E-state index contributed by atoms with van der Waals surface area (Å²) in [6.45, 7) is 4.03. The first-order valence-electron chi connectivity index (χ1n) is 4.02. The average molecular weight is 205 g/mol. The van der Waals surface area contributed by atoms with E-state index in [0.29, 0.717) is 4.73 Å². The van der Waals surface area contributed by atoms with E-state index in [-0.39, 0.29) is 17.0 Å². The lowest BCUT2D eigenvalue weighted by Gasteiger charge is -2.13. The highest BCUT2D eigenvalue weighted by atomic mass is 19.4. The molecular formula is C9H10F3NO. The number of aryl methyl sites for hydroxylation is 1. The molecule has 1 aromatic rings. The highest BCUT2D eigenvalue weighted by Gasteiger charge is 2.35. The molecule has 0 aromatic carbocycles. The molecule has 0 saturated carbocycles. The van der Waals surface area contributed by atoms with Gasteiger partial charge in [0, 0.05) is 25.5 Å². The van der Waals surface area contributed by atoms with E-state index in [1.54, 1.807) is 0 Å². The Morgan fingerprint density at radius 3 is 2.14 bits per heavy atom. The van der Waals surface area contributed by atoms with E-state index in [0.717, 1.165) is 6.07 Å². The zero-order chi connectivity index (χ0) is 11.1. The summed E-state index contributed by atoms with van der Waals surface area (Å²) >= 11 is 0. The predicted octanol–water partition coefficient (Wildman–Crippen LogP) is 2.26. The van der Waals surface area contributed by atoms with Crippen molar-refractivity contribution >= 4 is 0 Å². The zero-order valence-electron chi connectivity index (χ0n) is 8.07. The van der Waals surface area contributed by atoms with Gasteiger partial charge in [0.25, 0.3) is 0 Å². The van der Waals surface area contributed by atoms with Crippen molar-refractivity contribution in [2.24, 2.45) is 0 Å². The molecule has 14 heavy (non-hydrogen) atoms. The summed E-state index contributed by atoms with van der Waals surface area (Å²) in [6, 6.07) is 0.870. The third kappa shape index (κ3) is 1.66. The van der Waals surface area contributed by atoms with Gasteiger partial charge in [-0.2, -0.15) is 17.9 Å². The second kappa shape index (κ2) is 3.15. The van der Waals surface area contributed by atoms with E-state index in [1.807, 2.05) is 0 Å². The Morgan fingerprint density at radius 1 is 1.21 bits per heavy atom. The first kappa shape index (κ1) is 10.8. The minimum Gasteiger partial charge on any atom is -0.618 e. The van der Waals surface area contributed by atoms with Gasteiger partial charge in [-0.1, -0.05) is 0 Å².